The van der Waals surface area contributed by atoms with Crippen LogP contribution in [-0.2, 0) is 16.4 Å². The van der Waals surface area contributed by atoms with E-state index in [9.17, 15) is 13.5 Å². The second kappa shape index (κ2) is 6.07. The quantitative estimate of drug-likeness (QED) is 0.919. The molecule has 0 amide bonds. The Balaban J connectivity index is 2.12. The topological polar surface area (TPSA) is 57.6 Å². The van der Waals surface area contributed by atoms with Crippen molar-refractivity contribution in [2.45, 2.75) is 11.3 Å². The Morgan fingerprint density at radius 2 is 1.60 bits per heavy atom. The number of nitrogens with zero attached hydrogens (tertiary/aromatic N) is 1. The van der Waals surface area contributed by atoms with Crippen LogP contribution in [0.2, 0.25) is 0 Å². The number of benzene rings is 2. The van der Waals surface area contributed by atoms with Crippen molar-refractivity contribution in [2.75, 3.05) is 13.6 Å². The zero-order valence-electron chi connectivity index (χ0n) is 11.2. The first kappa shape index (κ1) is 14.6. The Kier molecular flexibility index (Phi) is 4.42. The molecule has 4 nitrogen and oxygen atoms in total. The third kappa shape index (κ3) is 3.18. The zero-order valence-corrected chi connectivity index (χ0v) is 12.0. The molecule has 0 saturated carbocycles. The molecule has 20 heavy (non-hydrogen) atoms. The highest BCUT2D eigenvalue weighted by atomic mass is 32.2. The van der Waals surface area contributed by atoms with E-state index < -0.39 is 10.0 Å². The van der Waals surface area contributed by atoms with Crippen LogP contribution in [0.4, 0.5) is 0 Å². The first-order valence-corrected chi connectivity index (χ1v) is 7.74. The normalized spacial score (nSPS) is 11.7. The summed E-state index contributed by atoms with van der Waals surface area (Å²) >= 11 is 0. The number of hydrogen-bond donors (Lipinski definition) is 1. The molecule has 106 valence electrons. The predicted molar refractivity (Wildman–Crippen MR) is 78.1 cm³/mol. The Morgan fingerprint density at radius 3 is 2.25 bits per heavy atom. The van der Waals surface area contributed by atoms with Crippen molar-refractivity contribution in [3.63, 3.8) is 0 Å². The highest BCUT2D eigenvalue weighted by Crippen LogP contribution is 2.24. The average Bonchev–Trinajstić information content (AvgIpc) is 2.46. The summed E-state index contributed by atoms with van der Waals surface area (Å²) in [4.78, 5) is -0.0597. The van der Waals surface area contributed by atoms with Gasteiger partial charge < -0.3 is 5.11 Å². The Bertz CT molecular complexity index is 669. The van der Waals surface area contributed by atoms with Crippen LogP contribution in [0.25, 0.3) is 0 Å². The Labute approximate surface area is 119 Å². The van der Waals surface area contributed by atoms with Crippen molar-refractivity contribution in [2.24, 2.45) is 0 Å². The minimum Gasteiger partial charge on any atom is -0.507 e. The Hall–Kier alpha value is -1.85. The van der Waals surface area contributed by atoms with E-state index in [4.69, 9.17) is 0 Å². The summed E-state index contributed by atoms with van der Waals surface area (Å²) in [7, 11) is -2.14. The fourth-order valence-corrected chi connectivity index (χ4v) is 3.14. The van der Waals surface area contributed by atoms with Gasteiger partial charge in [-0.15, -0.1) is 0 Å². The number of sulfonamides is 1. The van der Waals surface area contributed by atoms with Crippen LogP contribution in [0.3, 0.4) is 0 Å². The second-order valence-corrected chi connectivity index (χ2v) is 6.54. The summed E-state index contributed by atoms with van der Waals surface area (Å²) in [6.07, 6.45) is 0.629. The molecule has 0 radical (unpaired) electrons. The average molecular weight is 291 g/mol. The van der Waals surface area contributed by atoms with Gasteiger partial charge in [0.25, 0.3) is 0 Å². The maximum absolute atomic E-state index is 12.3. The summed E-state index contributed by atoms with van der Waals surface area (Å²) in [6, 6.07) is 15.7. The van der Waals surface area contributed by atoms with E-state index in [1.54, 1.807) is 12.1 Å². The van der Waals surface area contributed by atoms with Gasteiger partial charge in [-0.25, -0.2) is 12.7 Å². The fourth-order valence-electron chi connectivity index (χ4n) is 1.89. The third-order valence-electron chi connectivity index (χ3n) is 3.11. The van der Waals surface area contributed by atoms with Crippen molar-refractivity contribution in [1.29, 1.82) is 0 Å². The molecule has 0 aromatic heterocycles. The summed E-state index contributed by atoms with van der Waals surface area (Å²) in [6.45, 7) is 0.362. The number of hydrogen-bond acceptors (Lipinski definition) is 3. The van der Waals surface area contributed by atoms with Crippen molar-refractivity contribution in [3.8, 4) is 5.75 Å². The van der Waals surface area contributed by atoms with E-state index >= 15 is 0 Å². The SMILES string of the molecule is CN(CCc1ccccc1)S(=O)(=O)c1ccccc1O. The lowest BCUT2D eigenvalue weighted by atomic mass is 10.2. The molecule has 0 bridgehead atoms. The van der Waals surface area contributed by atoms with Crippen LogP contribution in [0, 0.1) is 0 Å². The van der Waals surface area contributed by atoms with Gasteiger partial charge in [0.2, 0.25) is 10.0 Å². The number of rotatable bonds is 5. The van der Waals surface area contributed by atoms with Gasteiger partial charge in [0.15, 0.2) is 0 Å². The maximum Gasteiger partial charge on any atom is 0.246 e. The van der Waals surface area contributed by atoms with Crippen LogP contribution in [-0.4, -0.2) is 31.4 Å². The number of phenols is 1. The van der Waals surface area contributed by atoms with E-state index in [0.29, 0.717) is 13.0 Å². The maximum atomic E-state index is 12.3. The van der Waals surface area contributed by atoms with Crippen molar-refractivity contribution >= 4 is 10.0 Å². The molecule has 0 heterocycles. The van der Waals surface area contributed by atoms with Crippen LogP contribution in [0.15, 0.2) is 59.5 Å². The van der Waals surface area contributed by atoms with Gasteiger partial charge in [0, 0.05) is 13.6 Å². The molecule has 0 unspecified atom stereocenters. The second-order valence-electron chi connectivity index (χ2n) is 4.53. The molecule has 5 heteroatoms. The van der Waals surface area contributed by atoms with E-state index in [1.165, 1.54) is 23.5 Å². The first-order valence-electron chi connectivity index (χ1n) is 6.30. The molecule has 0 aliphatic heterocycles. The molecular formula is C15H17NO3S. The van der Waals surface area contributed by atoms with E-state index in [2.05, 4.69) is 0 Å². The van der Waals surface area contributed by atoms with Crippen LogP contribution in [0.5, 0.6) is 5.75 Å². The minimum atomic E-state index is -3.66. The predicted octanol–water partition coefficient (Wildman–Crippen LogP) is 2.26. The van der Waals surface area contributed by atoms with Crippen LogP contribution < -0.4 is 0 Å². The number of likely N-dealkylation sites (N-methyl/N-ethyl adjacent to an activating group) is 1. The third-order valence-corrected chi connectivity index (χ3v) is 5.02. The lowest BCUT2D eigenvalue weighted by Gasteiger charge is -2.17. The lowest BCUT2D eigenvalue weighted by Crippen LogP contribution is -2.29. The fraction of sp³-hybridized carbons (Fsp3) is 0.200. The molecule has 2 aromatic carbocycles. The minimum absolute atomic E-state index is 0.0597. The highest BCUT2D eigenvalue weighted by Gasteiger charge is 2.23. The van der Waals surface area contributed by atoms with Crippen LogP contribution in [0.1, 0.15) is 5.56 Å². The molecule has 0 atom stereocenters. The molecule has 2 aromatic rings. The zero-order chi connectivity index (χ0) is 14.6. The molecule has 0 aliphatic carbocycles. The number of aromatic hydroxyl groups is 1. The van der Waals surface area contributed by atoms with Crippen molar-refractivity contribution in [3.05, 3.63) is 60.2 Å². The van der Waals surface area contributed by atoms with Gasteiger partial charge in [-0.1, -0.05) is 42.5 Å². The Morgan fingerprint density at radius 1 is 1.00 bits per heavy atom. The van der Waals surface area contributed by atoms with Crippen LogP contribution >= 0.6 is 0 Å². The molecule has 1 N–H and O–H groups in total. The van der Waals surface area contributed by atoms with Gasteiger partial charge in [0.05, 0.1) is 0 Å². The lowest BCUT2D eigenvalue weighted by molar-refractivity contribution is 0.442. The molecular weight excluding hydrogens is 274 g/mol. The largest absolute Gasteiger partial charge is 0.507 e. The molecule has 0 fully saturated rings. The summed E-state index contributed by atoms with van der Waals surface area (Å²) in [5.74, 6) is -0.223. The molecule has 0 spiro atoms. The van der Waals surface area contributed by atoms with Crippen molar-refractivity contribution in [1.82, 2.24) is 4.31 Å². The van der Waals surface area contributed by atoms with E-state index in [-0.39, 0.29) is 10.6 Å². The summed E-state index contributed by atoms with van der Waals surface area (Å²) < 4.78 is 25.9. The number of phenolic OH excluding ortho intramolecular Hbond substituents is 1. The van der Waals surface area contributed by atoms with E-state index in [1.807, 2.05) is 30.3 Å². The smallest absolute Gasteiger partial charge is 0.246 e. The van der Waals surface area contributed by atoms with Gasteiger partial charge >= 0.3 is 0 Å². The van der Waals surface area contributed by atoms with Gasteiger partial charge in [-0.2, -0.15) is 0 Å². The standard InChI is InChI=1S/C15H17NO3S/c1-16(12-11-13-7-3-2-4-8-13)20(18,19)15-10-6-5-9-14(15)17/h2-10,17H,11-12H2,1H3. The first-order chi connectivity index (χ1) is 9.51. The van der Waals surface area contributed by atoms with Crippen molar-refractivity contribution < 1.29 is 13.5 Å². The van der Waals surface area contributed by atoms with E-state index in [0.717, 1.165) is 5.56 Å². The van der Waals surface area contributed by atoms with Gasteiger partial charge in [-0.05, 0) is 24.1 Å². The highest BCUT2D eigenvalue weighted by molar-refractivity contribution is 7.89. The molecule has 0 saturated heterocycles. The molecule has 2 rings (SSSR count). The summed E-state index contributed by atoms with van der Waals surface area (Å²) in [5, 5.41) is 9.67. The van der Waals surface area contributed by atoms with Gasteiger partial charge in [-0.3, -0.25) is 0 Å². The molecule has 0 aliphatic rings. The monoisotopic (exact) mass is 291 g/mol. The summed E-state index contributed by atoms with van der Waals surface area (Å²) in [5.41, 5.74) is 1.08. The van der Waals surface area contributed by atoms with Gasteiger partial charge in [0.1, 0.15) is 10.6 Å². The number of para-hydroxylation sites is 1.